The highest BCUT2D eigenvalue weighted by atomic mass is 16.6. The van der Waals surface area contributed by atoms with Gasteiger partial charge in [-0.15, -0.1) is 0 Å². The van der Waals surface area contributed by atoms with Crippen molar-refractivity contribution < 1.29 is 14.0 Å². The lowest BCUT2D eigenvalue weighted by Gasteiger charge is -2.11. The Morgan fingerprint density at radius 3 is 3.20 bits per heavy atom. The highest BCUT2D eigenvalue weighted by molar-refractivity contribution is 6.64. The van der Waals surface area contributed by atoms with Gasteiger partial charge in [-0.25, -0.2) is 0 Å². The van der Waals surface area contributed by atoms with E-state index in [1.807, 2.05) is 18.2 Å². The van der Waals surface area contributed by atoms with Crippen LogP contribution < -0.4 is 15.9 Å². The van der Waals surface area contributed by atoms with Crippen LogP contribution in [0.3, 0.4) is 0 Å². The zero-order valence-electron chi connectivity index (χ0n) is 8.31. The minimum absolute atomic E-state index is 0.0633. The summed E-state index contributed by atoms with van der Waals surface area (Å²) < 4.78 is 16.9. The van der Waals surface area contributed by atoms with E-state index in [0.29, 0.717) is 19.8 Å². The van der Waals surface area contributed by atoms with Crippen LogP contribution in [0.25, 0.3) is 0 Å². The van der Waals surface area contributed by atoms with Gasteiger partial charge in [0.2, 0.25) is 0 Å². The molecule has 2 heterocycles. The van der Waals surface area contributed by atoms with Gasteiger partial charge in [0.1, 0.15) is 12.4 Å². The Morgan fingerprint density at radius 1 is 1.40 bits per heavy atom. The van der Waals surface area contributed by atoms with Crippen LogP contribution >= 0.6 is 0 Å². The van der Waals surface area contributed by atoms with Crippen molar-refractivity contribution in [2.75, 3.05) is 19.8 Å². The van der Waals surface area contributed by atoms with Crippen molar-refractivity contribution >= 4 is 12.6 Å². The molecule has 15 heavy (non-hydrogen) atoms. The molecule has 2 N–H and O–H groups in total. The molecule has 4 nitrogen and oxygen atoms in total. The third-order valence-corrected chi connectivity index (χ3v) is 2.79. The zero-order valence-corrected chi connectivity index (χ0v) is 8.31. The van der Waals surface area contributed by atoms with E-state index in [-0.39, 0.29) is 13.2 Å². The molecule has 78 valence electrons. The SMILES string of the molecule is NCC1OB2OCCOc3cccc1c32. The number of hydrogen-bond donors (Lipinski definition) is 1. The highest BCUT2D eigenvalue weighted by Gasteiger charge is 2.40. The van der Waals surface area contributed by atoms with Gasteiger partial charge in [0.05, 0.1) is 12.7 Å². The summed E-state index contributed by atoms with van der Waals surface area (Å²) in [5, 5.41) is 0. The van der Waals surface area contributed by atoms with Crippen LogP contribution in [0.1, 0.15) is 11.7 Å². The summed E-state index contributed by atoms with van der Waals surface area (Å²) in [6.45, 7) is 1.59. The lowest BCUT2D eigenvalue weighted by molar-refractivity contribution is 0.147. The summed E-state index contributed by atoms with van der Waals surface area (Å²) in [6.07, 6.45) is -0.0633. The Balaban J connectivity index is 2.12. The fourth-order valence-corrected chi connectivity index (χ4v) is 2.12. The molecule has 0 saturated heterocycles. The predicted molar refractivity (Wildman–Crippen MR) is 56.2 cm³/mol. The molecule has 0 amide bonds. The minimum atomic E-state index is -0.299. The summed E-state index contributed by atoms with van der Waals surface area (Å²) in [6, 6.07) is 5.94. The van der Waals surface area contributed by atoms with E-state index >= 15 is 0 Å². The maximum Gasteiger partial charge on any atom is 0.498 e. The Kier molecular flexibility index (Phi) is 2.16. The largest absolute Gasteiger partial charge is 0.498 e. The van der Waals surface area contributed by atoms with Crippen molar-refractivity contribution in [3.63, 3.8) is 0 Å². The minimum Gasteiger partial charge on any atom is -0.492 e. The molecule has 1 aromatic carbocycles. The average Bonchev–Trinajstić information content (AvgIpc) is 2.50. The maximum atomic E-state index is 5.72. The molecule has 1 atom stereocenters. The van der Waals surface area contributed by atoms with Gasteiger partial charge in [0.25, 0.3) is 0 Å². The molecule has 3 rings (SSSR count). The van der Waals surface area contributed by atoms with Crippen molar-refractivity contribution in [2.24, 2.45) is 5.73 Å². The summed E-state index contributed by atoms with van der Waals surface area (Å²) in [7, 11) is -0.299. The van der Waals surface area contributed by atoms with E-state index in [2.05, 4.69) is 0 Å². The molecule has 0 aromatic heterocycles. The molecule has 1 aromatic rings. The fourth-order valence-electron chi connectivity index (χ4n) is 2.12. The van der Waals surface area contributed by atoms with E-state index in [4.69, 9.17) is 19.8 Å². The van der Waals surface area contributed by atoms with E-state index in [9.17, 15) is 0 Å². The van der Waals surface area contributed by atoms with Crippen molar-refractivity contribution in [3.05, 3.63) is 23.8 Å². The molecule has 2 aliphatic heterocycles. The van der Waals surface area contributed by atoms with Crippen molar-refractivity contribution in [2.45, 2.75) is 6.10 Å². The third-order valence-electron chi connectivity index (χ3n) is 2.79. The topological polar surface area (TPSA) is 53.7 Å². The Labute approximate surface area is 88.5 Å². The van der Waals surface area contributed by atoms with Crippen LogP contribution in [-0.2, 0) is 9.31 Å². The lowest BCUT2D eigenvalue weighted by atomic mass is 9.78. The molecule has 5 heteroatoms. The Bertz CT molecular complexity index is 385. The molecule has 0 bridgehead atoms. The van der Waals surface area contributed by atoms with Crippen molar-refractivity contribution in [1.29, 1.82) is 0 Å². The molecular formula is C10H12BNO3. The van der Waals surface area contributed by atoms with Crippen LogP contribution in [0, 0.1) is 0 Å². The van der Waals surface area contributed by atoms with Gasteiger partial charge < -0.3 is 19.8 Å². The summed E-state index contributed by atoms with van der Waals surface area (Å²) >= 11 is 0. The third kappa shape index (κ3) is 1.35. The maximum absolute atomic E-state index is 5.72. The molecule has 0 spiro atoms. The van der Waals surface area contributed by atoms with E-state index in [0.717, 1.165) is 16.8 Å². The van der Waals surface area contributed by atoms with Crippen LogP contribution in [0.5, 0.6) is 5.75 Å². The van der Waals surface area contributed by atoms with E-state index < -0.39 is 0 Å². The molecule has 0 radical (unpaired) electrons. The second kappa shape index (κ2) is 3.52. The molecule has 2 aliphatic rings. The average molecular weight is 205 g/mol. The second-order valence-electron chi connectivity index (χ2n) is 3.67. The van der Waals surface area contributed by atoms with Gasteiger partial charge in [0, 0.05) is 12.0 Å². The summed E-state index contributed by atoms with van der Waals surface area (Å²) in [4.78, 5) is 0. The van der Waals surface area contributed by atoms with E-state index in [1.54, 1.807) is 0 Å². The highest BCUT2D eigenvalue weighted by Crippen LogP contribution is 2.29. The van der Waals surface area contributed by atoms with Gasteiger partial charge in [-0.05, 0) is 11.6 Å². The molecule has 0 aliphatic carbocycles. The van der Waals surface area contributed by atoms with Crippen LogP contribution in [0.15, 0.2) is 18.2 Å². The number of ether oxygens (including phenoxy) is 1. The van der Waals surface area contributed by atoms with Crippen LogP contribution in [-0.4, -0.2) is 26.9 Å². The van der Waals surface area contributed by atoms with E-state index in [1.165, 1.54) is 0 Å². The normalized spacial score (nSPS) is 23.3. The van der Waals surface area contributed by atoms with Crippen LogP contribution in [0.4, 0.5) is 0 Å². The molecule has 1 unspecified atom stereocenters. The summed E-state index contributed by atoms with van der Waals surface area (Å²) in [5.74, 6) is 0.867. The quantitative estimate of drug-likeness (QED) is 0.646. The first-order valence-electron chi connectivity index (χ1n) is 5.13. The number of hydrogen-bond acceptors (Lipinski definition) is 4. The Hall–Kier alpha value is -1.04. The Morgan fingerprint density at radius 2 is 2.33 bits per heavy atom. The first-order chi connectivity index (χ1) is 7.40. The van der Waals surface area contributed by atoms with Crippen molar-refractivity contribution in [1.82, 2.24) is 0 Å². The standard InChI is InChI=1S/C10H12BNO3/c12-6-9-7-2-1-3-8-10(7)11(15-9)14-5-4-13-8/h1-3,9H,4-6,12H2. The lowest BCUT2D eigenvalue weighted by Crippen LogP contribution is -2.31. The van der Waals surface area contributed by atoms with Gasteiger partial charge in [-0.2, -0.15) is 0 Å². The van der Waals surface area contributed by atoms with Crippen LogP contribution in [0.2, 0.25) is 0 Å². The van der Waals surface area contributed by atoms with Gasteiger partial charge in [-0.3, -0.25) is 0 Å². The molecular weight excluding hydrogens is 193 g/mol. The second-order valence-corrected chi connectivity index (χ2v) is 3.67. The van der Waals surface area contributed by atoms with Crippen molar-refractivity contribution in [3.8, 4) is 5.75 Å². The zero-order chi connectivity index (χ0) is 10.3. The molecule has 0 saturated carbocycles. The monoisotopic (exact) mass is 205 g/mol. The number of nitrogens with two attached hydrogens (primary N) is 1. The first kappa shape index (κ1) is 9.21. The van der Waals surface area contributed by atoms with Gasteiger partial charge >= 0.3 is 7.12 Å². The van der Waals surface area contributed by atoms with Gasteiger partial charge in [0.15, 0.2) is 0 Å². The summed E-state index contributed by atoms with van der Waals surface area (Å²) in [5.41, 5.74) is 7.77. The number of rotatable bonds is 1. The first-order valence-corrected chi connectivity index (χ1v) is 5.13. The molecule has 0 fully saturated rings. The smallest absolute Gasteiger partial charge is 0.492 e. The van der Waals surface area contributed by atoms with Gasteiger partial charge in [-0.1, -0.05) is 12.1 Å². The number of benzene rings is 1. The fraction of sp³-hybridized carbons (Fsp3) is 0.400. The predicted octanol–water partition coefficient (Wildman–Crippen LogP) is -0.179.